The summed E-state index contributed by atoms with van der Waals surface area (Å²) >= 11 is 0. The summed E-state index contributed by atoms with van der Waals surface area (Å²) in [6.07, 6.45) is -1.54. The average molecular weight is 267 g/mol. The molecule has 0 fully saturated rings. The third kappa shape index (κ3) is 4.69. The van der Waals surface area contributed by atoms with E-state index in [9.17, 15) is 15.0 Å². The predicted molar refractivity (Wildman–Crippen MR) is 68.0 cm³/mol. The highest BCUT2D eigenvalue weighted by atomic mass is 16.5. The molecule has 2 unspecified atom stereocenters. The highest BCUT2D eigenvalue weighted by Crippen LogP contribution is 2.20. The van der Waals surface area contributed by atoms with Crippen molar-refractivity contribution in [3.8, 4) is 0 Å². The molecule has 0 aliphatic rings. The zero-order valence-corrected chi connectivity index (χ0v) is 10.6. The van der Waals surface area contributed by atoms with Gasteiger partial charge < -0.3 is 20.2 Å². The molecule has 104 valence electrons. The summed E-state index contributed by atoms with van der Waals surface area (Å²) in [7, 11) is 0. The van der Waals surface area contributed by atoms with Crippen molar-refractivity contribution in [3.63, 3.8) is 0 Å². The van der Waals surface area contributed by atoms with Crippen LogP contribution in [0, 0.1) is 0 Å². The van der Waals surface area contributed by atoms with E-state index in [2.05, 4.69) is 5.16 Å². The Bertz CT molecular complexity index is 446. The molecule has 3 N–H and O–H groups in total. The molecular weight excluding hydrogens is 250 g/mol. The molecule has 0 amide bonds. The normalized spacial score (nSPS) is 14.3. The Morgan fingerprint density at radius 1 is 1.47 bits per heavy atom. The Labute approximate surface area is 110 Å². The highest BCUT2D eigenvalue weighted by molar-refractivity contribution is 5.79. The topological polar surface area (TPSA) is 99.4 Å². The van der Waals surface area contributed by atoms with Crippen LogP contribution in [0.2, 0.25) is 0 Å². The summed E-state index contributed by atoms with van der Waals surface area (Å²) in [5, 5.41) is 31.0. The number of oxime groups is 1. The predicted octanol–water partition coefficient (Wildman–Crippen LogP) is 0.842. The number of hydrogen-bond donors (Lipinski definition) is 3. The summed E-state index contributed by atoms with van der Waals surface area (Å²) in [6.45, 7) is 1.89. The quantitative estimate of drug-likeness (QED) is 0.307. The van der Waals surface area contributed by atoms with Crippen molar-refractivity contribution in [1.82, 2.24) is 0 Å². The first kappa shape index (κ1) is 15.1. The molecule has 0 aliphatic heterocycles. The molecule has 0 aromatic heterocycles. The van der Waals surface area contributed by atoms with Crippen LogP contribution in [0.25, 0.3) is 0 Å². The summed E-state index contributed by atoms with van der Waals surface area (Å²) in [5.74, 6) is -0.567. The first-order chi connectivity index (χ1) is 9.08. The van der Waals surface area contributed by atoms with Gasteiger partial charge in [0.2, 0.25) is 0 Å². The van der Waals surface area contributed by atoms with Gasteiger partial charge in [0.05, 0.1) is 25.3 Å². The molecule has 1 aromatic rings. The maximum atomic E-state index is 11.2. The van der Waals surface area contributed by atoms with Crippen LogP contribution in [-0.2, 0) is 9.53 Å². The molecule has 0 saturated carbocycles. The van der Waals surface area contributed by atoms with Crippen molar-refractivity contribution in [2.45, 2.75) is 25.6 Å². The van der Waals surface area contributed by atoms with Gasteiger partial charge in [-0.15, -0.1) is 0 Å². The zero-order chi connectivity index (χ0) is 14.3. The number of aliphatic hydroxyl groups is 2. The van der Waals surface area contributed by atoms with Crippen LogP contribution in [0.5, 0.6) is 0 Å². The van der Waals surface area contributed by atoms with Crippen LogP contribution in [0.1, 0.15) is 30.6 Å². The zero-order valence-electron chi connectivity index (χ0n) is 10.6. The standard InChI is InChI=1S/C13H17NO5/c1-2-19-12(16)7-11(15)13(17)10-5-3-4-9(6-10)8-14-18/h3-6,8,11,13,15,17-18H,2,7H2,1H3. The van der Waals surface area contributed by atoms with Gasteiger partial charge >= 0.3 is 5.97 Å². The van der Waals surface area contributed by atoms with Gasteiger partial charge in [-0.2, -0.15) is 0 Å². The molecule has 6 heteroatoms. The van der Waals surface area contributed by atoms with Gasteiger partial charge in [-0.25, -0.2) is 0 Å². The first-order valence-corrected chi connectivity index (χ1v) is 5.87. The van der Waals surface area contributed by atoms with E-state index in [1.165, 1.54) is 6.21 Å². The van der Waals surface area contributed by atoms with E-state index >= 15 is 0 Å². The first-order valence-electron chi connectivity index (χ1n) is 5.87. The van der Waals surface area contributed by atoms with Crippen molar-refractivity contribution in [2.24, 2.45) is 5.16 Å². The molecule has 0 bridgehead atoms. The highest BCUT2D eigenvalue weighted by Gasteiger charge is 2.22. The second kappa shape index (κ2) is 7.50. The summed E-state index contributed by atoms with van der Waals surface area (Å²) < 4.78 is 4.70. The fourth-order valence-corrected chi connectivity index (χ4v) is 1.61. The fraction of sp³-hybridized carbons (Fsp3) is 0.385. The van der Waals surface area contributed by atoms with Crippen LogP contribution in [0.15, 0.2) is 29.4 Å². The molecule has 1 rings (SSSR count). The van der Waals surface area contributed by atoms with Crippen LogP contribution in [0.3, 0.4) is 0 Å². The van der Waals surface area contributed by atoms with Crippen molar-refractivity contribution in [1.29, 1.82) is 0 Å². The minimum Gasteiger partial charge on any atom is -0.466 e. The number of ether oxygens (including phenoxy) is 1. The number of nitrogens with zero attached hydrogens (tertiary/aromatic N) is 1. The number of carbonyl (C=O) groups excluding carboxylic acids is 1. The van der Waals surface area contributed by atoms with Crippen LogP contribution in [0.4, 0.5) is 0 Å². The molecule has 0 aliphatic carbocycles. The lowest BCUT2D eigenvalue weighted by Gasteiger charge is -2.17. The Morgan fingerprint density at radius 2 is 2.21 bits per heavy atom. The fourth-order valence-electron chi connectivity index (χ4n) is 1.61. The molecule has 2 atom stereocenters. The van der Waals surface area contributed by atoms with Crippen LogP contribution < -0.4 is 0 Å². The van der Waals surface area contributed by atoms with E-state index in [4.69, 9.17) is 9.94 Å². The Kier molecular flexibility index (Phi) is 5.98. The Balaban J connectivity index is 2.73. The minimum atomic E-state index is -1.25. The molecule has 0 radical (unpaired) electrons. The number of benzene rings is 1. The van der Waals surface area contributed by atoms with Gasteiger partial charge in [0.1, 0.15) is 6.10 Å². The molecule has 0 heterocycles. The minimum absolute atomic E-state index is 0.226. The van der Waals surface area contributed by atoms with Gasteiger partial charge in [0.25, 0.3) is 0 Å². The van der Waals surface area contributed by atoms with Crippen molar-refractivity contribution < 1.29 is 25.0 Å². The third-order valence-corrected chi connectivity index (χ3v) is 2.50. The van der Waals surface area contributed by atoms with Crippen molar-refractivity contribution in [2.75, 3.05) is 6.61 Å². The van der Waals surface area contributed by atoms with E-state index in [1.807, 2.05) is 0 Å². The van der Waals surface area contributed by atoms with Gasteiger partial charge in [-0.3, -0.25) is 4.79 Å². The Morgan fingerprint density at radius 3 is 2.84 bits per heavy atom. The summed E-state index contributed by atoms with van der Waals surface area (Å²) in [5.41, 5.74) is 0.997. The van der Waals surface area contributed by atoms with Gasteiger partial charge in [-0.05, 0) is 24.1 Å². The Hall–Kier alpha value is -1.92. The van der Waals surface area contributed by atoms with E-state index in [1.54, 1.807) is 31.2 Å². The summed E-state index contributed by atoms with van der Waals surface area (Å²) in [4.78, 5) is 11.2. The number of carbonyl (C=O) groups is 1. The van der Waals surface area contributed by atoms with E-state index in [0.717, 1.165) is 0 Å². The van der Waals surface area contributed by atoms with Crippen LogP contribution in [-0.4, -0.2) is 40.3 Å². The van der Waals surface area contributed by atoms with Gasteiger partial charge in [0, 0.05) is 0 Å². The second-order valence-corrected chi connectivity index (χ2v) is 3.94. The number of rotatable bonds is 6. The maximum absolute atomic E-state index is 11.2. The maximum Gasteiger partial charge on any atom is 0.308 e. The van der Waals surface area contributed by atoms with E-state index < -0.39 is 18.2 Å². The van der Waals surface area contributed by atoms with Crippen molar-refractivity contribution >= 4 is 12.2 Å². The van der Waals surface area contributed by atoms with E-state index in [0.29, 0.717) is 11.1 Å². The number of hydrogen-bond acceptors (Lipinski definition) is 6. The lowest BCUT2D eigenvalue weighted by molar-refractivity contribution is -0.147. The lowest BCUT2D eigenvalue weighted by Crippen LogP contribution is -2.23. The van der Waals surface area contributed by atoms with Gasteiger partial charge in [0.15, 0.2) is 0 Å². The lowest BCUT2D eigenvalue weighted by atomic mass is 10.0. The van der Waals surface area contributed by atoms with Gasteiger partial charge in [-0.1, -0.05) is 23.4 Å². The second-order valence-electron chi connectivity index (χ2n) is 3.94. The molecule has 0 spiro atoms. The molecule has 0 saturated heterocycles. The van der Waals surface area contributed by atoms with E-state index in [-0.39, 0.29) is 13.0 Å². The SMILES string of the molecule is CCOC(=O)CC(O)C(O)c1cccc(C=NO)c1. The number of aliphatic hydroxyl groups excluding tert-OH is 2. The molecule has 1 aromatic carbocycles. The monoisotopic (exact) mass is 267 g/mol. The molecule has 19 heavy (non-hydrogen) atoms. The third-order valence-electron chi connectivity index (χ3n) is 2.50. The van der Waals surface area contributed by atoms with Crippen molar-refractivity contribution in [3.05, 3.63) is 35.4 Å². The smallest absolute Gasteiger partial charge is 0.308 e. The number of esters is 1. The molecular formula is C13H17NO5. The van der Waals surface area contributed by atoms with Crippen LogP contribution >= 0.6 is 0 Å². The average Bonchev–Trinajstić information content (AvgIpc) is 2.38. The molecule has 6 nitrogen and oxygen atoms in total. The summed E-state index contributed by atoms with van der Waals surface area (Å²) in [6, 6.07) is 6.48. The largest absolute Gasteiger partial charge is 0.466 e.